The Morgan fingerprint density at radius 3 is 3.07 bits per heavy atom. The first-order chi connectivity index (χ1) is 6.93. The molecule has 1 unspecified atom stereocenters. The van der Waals surface area contributed by atoms with Crippen LogP contribution in [0.5, 0.6) is 0 Å². The predicted octanol–water partition coefficient (Wildman–Crippen LogP) is 1.19. The minimum Gasteiger partial charge on any atom is -0.382 e. The van der Waals surface area contributed by atoms with Crippen LogP contribution in [0.4, 0.5) is 0 Å². The van der Waals surface area contributed by atoms with Gasteiger partial charge in [-0.25, -0.2) is 0 Å². The Kier molecular flexibility index (Phi) is 6.95. The van der Waals surface area contributed by atoms with Gasteiger partial charge in [0.2, 0.25) is 0 Å². The van der Waals surface area contributed by atoms with Gasteiger partial charge in [-0.2, -0.15) is 0 Å². The van der Waals surface area contributed by atoms with Gasteiger partial charge in [-0.3, -0.25) is 0 Å². The fourth-order valence-corrected chi connectivity index (χ4v) is 1.35. The van der Waals surface area contributed by atoms with Crippen molar-refractivity contribution < 1.29 is 18.9 Å². The maximum absolute atomic E-state index is 5.51. The molecule has 0 amide bonds. The van der Waals surface area contributed by atoms with Crippen LogP contribution in [0.15, 0.2) is 0 Å². The summed E-state index contributed by atoms with van der Waals surface area (Å²) in [6.45, 7) is 3.12. The summed E-state index contributed by atoms with van der Waals surface area (Å²) in [4.78, 5) is 0. The van der Waals surface area contributed by atoms with Crippen molar-refractivity contribution >= 4 is 0 Å². The Labute approximate surface area is 85.5 Å². The van der Waals surface area contributed by atoms with Crippen LogP contribution in [0.25, 0.3) is 0 Å². The molecule has 1 saturated heterocycles. The molecule has 0 N–H and O–H groups in total. The second-order valence-corrected chi connectivity index (χ2v) is 3.38. The molecule has 0 saturated carbocycles. The third-order valence-electron chi connectivity index (χ3n) is 2.19. The lowest BCUT2D eigenvalue weighted by Crippen LogP contribution is -2.20. The molecule has 4 heteroatoms. The highest BCUT2D eigenvalue weighted by molar-refractivity contribution is 4.60. The van der Waals surface area contributed by atoms with Crippen molar-refractivity contribution in [2.45, 2.75) is 25.4 Å². The van der Waals surface area contributed by atoms with Crippen LogP contribution in [0.3, 0.4) is 0 Å². The van der Waals surface area contributed by atoms with Crippen LogP contribution in [0, 0.1) is 0 Å². The summed E-state index contributed by atoms with van der Waals surface area (Å²) in [6.07, 6.45) is 3.61. The van der Waals surface area contributed by atoms with Crippen molar-refractivity contribution in [2.24, 2.45) is 0 Å². The Bertz CT molecular complexity index is 121. The Balaban J connectivity index is 1.93. The van der Waals surface area contributed by atoms with Crippen LogP contribution < -0.4 is 0 Å². The molecular formula is C10H20O4. The molecule has 4 nitrogen and oxygen atoms in total. The van der Waals surface area contributed by atoms with E-state index in [4.69, 9.17) is 18.9 Å². The number of methoxy groups -OCH3 is 1. The second-order valence-electron chi connectivity index (χ2n) is 3.38. The fraction of sp³-hybridized carbons (Fsp3) is 1.00. The normalized spacial score (nSPS) is 23.4. The third kappa shape index (κ3) is 5.54. The Morgan fingerprint density at radius 2 is 2.21 bits per heavy atom. The van der Waals surface area contributed by atoms with Crippen LogP contribution in [0.1, 0.15) is 19.3 Å². The molecular weight excluding hydrogens is 184 g/mol. The minimum atomic E-state index is 0.208. The molecule has 1 fully saturated rings. The SMILES string of the molecule is COCCOCOC1CCCCOC1. The standard InChI is InChI=1S/C10H20O4/c1-11-6-7-13-9-14-10-4-2-3-5-12-8-10/h10H,2-9H2,1H3. The summed E-state index contributed by atoms with van der Waals surface area (Å²) in [7, 11) is 1.66. The number of hydrogen-bond donors (Lipinski definition) is 0. The molecule has 1 aliphatic heterocycles. The van der Waals surface area contributed by atoms with Gasteiger partial charge in [0.15, 0.2) is 0 Å². The lowest BCUT2D eigenvalue weighted by Gasteiger charge is -2.14. The molecule has 1 rings (SSSR count). The average molecular weight is 204 g/mol. The van der Waals surface area contributed by atoms with Gasteiger partial charge in [0.05, 0.1) is 25.9 Å². The van der Waals surface area contributed by atoms with Gasteiger partial charge in [0.25, 0.3) is 0 Å². The predicted molar refractivity (Wildman–Crippen MR) is 52.2 cm³/mol. The van der Waals surface area contributed by atoms with E-state index in [0.29, 0.717) is 26.6 Å². The van der Waals surface area contributed by atoms with Gasteiger partial charge >= 0.3 is 0 Å². The lowest BCUT2D eigenvalue weighted by atomic mass is 10.2. The van der Waals surface area contributed by atoms with E-state index in [9.17, 15) is 0 Å². The van der Waals surface area contributed by atoms with E-state index < -0.39 is 0 Å². The van der Waals surface area contributed by atoms with E-state index in [2.05, 4.69) is 0 Å². The van der Waals surface area contributed by atoms with Crippen LogP contribution >= 0.6 is 0 Å². The van der Waals surface area contributed by atoms with Gasteiger partial charge in [0.1, 0.15) is 6.79 Å². The number of ether oxygens (including phenoxy) is 4. The van der Waals surface area contributed by atoms with Crippen LogP contribution in [-0.4, -0.2) is 46.4 Å². The number of rotatable bonds is 6. The van der Waals surface area contributed by atoms with Gasteiger partial charge in [-0.15, -0.1) is 0 Å². The second kappa shape index (κ2) is 8.17. The molecule has 14 heavy (non-hydrogen) atoms. The van der Waals surface area contributed by atoms with Gasteiger partial charge in [-0.1, -0.05) is 0 Å². The molecule has 0 aliphatic carbocycles. The van der Waals surface area contributed by atoms with E-state index in [1.54, 1.807) is 7.11 Å². The summed E-state index contributed by atoms with van der Waals surface area (Å²) in [5, 5.41) is 0. The number of hydrogen-bond acceptors (Lipinski definition) is 4. The fourth-order valence-electron chi connectivity index (χ4n) is 1.35. The van der Waals surface area contributed by atoms with E-state index in [-0.39, 0.29) is 6.10 Å². The highest BCUT2D eigenvalue weighted by Gasteiger charge is 2.12. The molecule has 1 heterocycles. The third-order valence-corrected chi connectivity index (χ3v) is 2.19. The molecule has 1 atom stereocenters. The smallest absolute Gasteiger partial charge is 0.147 e. The van der Waals surface area contributed by atoms with Gasteiger partial charge in [0, 0.05) is 13.7 Å². The maximum atomic E-state index is 5.51. The molecule has 0 bridgehead atoms. The molecule has 0 aromatic rings. The first kappa shape index (κ1) is 11.9. The zero-order chi connectivity index (χ0) is 10.1. The minimum absolute atomic E-state index is 0.208. The van der Waals surface area contributed by atoms with Crippen LogP contribution in [-0.2, 0) is 18.9 Å². The molecule has 84 valence electrons. The Hall–Kier alpha value is -0.160. The topological polar surface area (TPSA) is 36.9 Å². The summed E-state index contributed by atoms with van der Waals surface area (Å²) in [5.41, 5.74) is 0. The summed E-state index contributed by atoms with van der Waals surface area (Å²) in [5.74, 6) is 0. The molecule has 1 aliphatic rings. The Morgan fingerprint density at radius 1 is 1.29 bits per heavy atom. The van der Waals surface area contributed by atoms with E-state index in [1.807, 2.05) is 0 Å². The molecule has 0 radical (unpaired) electrons. The van der Waals surface area contributed by atoms with Crippen LogP contribution in [0.2, 0.25) is 0 Å². The van der Waals surface area contributed by atoms with E-state index in [1.165, 1.54) is 6.42 Å². The monoisotopic (exact) mass is 204 g/mol. The zero-order valence-electron chi connectivity index (χ0n) is 8.87. The molecule has 0 spiro atoms. The van der Waals surface area contributed by atoms with E-state index >= 15 is 0 Å². The summed E-state index contributed by atoms with van der Waals surface area (Å²) < 4.78 is 21.0. The van der Waals surface area contributed by atoms with Crippen molar-refractivity contribution in [3.63, 3.8) is 0 Å². The van der Waals surface area contributed by atoms with Crippen molar-refractivity contribution in [3.8, 4) is 0 Å². The highest BCUT2D eigenvalue weighted by Crippen LogP contribution is 2.10. The van der Waals surface area contributed by atoms with Crippen molar-refractivity contribution in [1.82, 2.24) is 0 Å². The van der Waals surface area contributed by atoms with Crippen molar-refractivity contribution in [3.05, 3.63) is 0 Å². The summed E-state index contributed by atoms with van der Waals surface area (Å²) in [6, 6.07) is 0. The van der Waals surface area contributed by atoms with E-state index in [0.717, 1.165) is 19.4 Å². The first-order valence-electron chi connectivity index (χ1n) is 5.19. The molecule has 0 aromatic carbocycles. The lowest BCUT2D eigenvalue weighted by molar-refractivity contribution is -0.113. The van der Waals surface area contributed by atoms with Gasteiger partial charge < -0.3 is 18.9 Å². The van der Waals surface area contributed by atoms with Crippen molar-refractivity contribution in [2.75, 3.05) is 40.3 Å². The van der Waals surface area contributed by atoms with Crippen molar-refractivity contribution in [1.29, 1.82) is 0 Å². The highest BCUT2D eigenvalue weighted by atomic mass is 16.7. The summed E-state index contributed by atoms with van der Waals surface area (Å²) >= 11 is 0. The maximum Gasteiger partial charge on any atom is 0.147 e. The molecule has 0 aromatic heterocycles. The van der Waals surface area contributed by atoms with Gasteiger partial charge in [-0.05, 0) is 19.3 Å². The first-order valence-corrected chi connectivity index (χ1v) is 5.19. The largest absolute Gasteiger partial charge is 0.382 e. The average Bonchev–Trinajstić information content (AvgIpc) is 2.46. The zero-order valence-corrected chi connectivity index (χ0v) is 8.87. The quantitative estimate of drug-likeness (QED) is 0.481.